The van der Waals surface area contributed by atoms with Crippen molar-refractivity contribution in [3.63, 3.8) is 0 Å². The number of nitrogens with zero attached hydrogens (tertiary/aromatic N) is 6. The number of hydrogen-bond acceptors (Lipinski definition) is 5. The number of rotatable bonds is 4. The maximum atomic E-state index is 4.86. The fraction of sp³-hybridized carbons (Fsp3) is 0.368. The van der Waals surface area contributed by atoms with Crippen LogP contribution in [0.5, 0.6) is 0 Å². The van der Waals surface area contributed by atoms with Gasteiger partial charge in [0, 0.05) is 57.0 Å². The zero-order chi connectivity index (χ0) is 17.1. The largest absolute Gasteiger partial charge is 0.333 e. The van der Waals surface area contributed by atoms with E-state index in [4.69, 9.17) is 4.98 Å². The third-order valence-electron chi connectivity index (χ3n) is 4.76. The Morgan fingerprint density at radius 2 is 2.12 bits per heavy atom. The second-order valence-corrected chi connectivity index (χ2v) is 6.63. The molecule has 0 bridgehead atoms. The first-order valence-corrected chi connectivity index (χ1v) is 8.70. The number of likely N-dealkylation sites (tertiary alicyclic amines) is 1. The molecule has 4 heterocycles. The van der Waals surface area contributed by atoms with Crippen LogP contribution in [0.15, 0.2) is 49.3 Å². The monoisotopic (exact) mass is 334 g/mol. The van der Waals surface area contributed by atoms with Crippen molar-refractivity contribution in [1.82, 2.24) is 29.4 Å². The van der Waals surface area contributed by atoms with Gasteiger partial charge >= 0.3 is 0 Å². The topological polar surface area (TPSA) is 59.7 Å². The first-order chi connectivity index (χ1) is 12.3. The van der Waals surface area contributed by atoms with E-state index in [1.54, 1.807) is 12.4 Å². The minimum atomic E-state index is 0.415. The van der Waals surface area contributed by atoms with Crippen molar-refractivity contribution in [3.8, 4) is 11.5 Å². The Morgan fingerprint density at radius 1 is 1.16 bits per heavy atom. The van der Waals surface area contributed by atoms with Gasteiger partial charge in [-0.05, 0) is 31.0 Å². The Hall–Kier alpha value is -2.60. The second-order valence-electron chi connectivity index (χ2n) is 6.63. The molecular weight excluding hydrogens is 312 g/mol. The fourth-order valence-electron chi connectivity index (χ4n) is 3.49. The van der Waals surface area contributed by atoms with E-state index in [1.165, 1.54) is 12.0 Å². The molecule has 0 amide bonds. The Bertz CT molecular complexity index is 829. The first kappa shape index (κ1) is 15.9. The molecule has 0 aromatic carbocycles. The number of piperidine rings is 1. The lowest BCUT2D eigenvalue weighted by atomic mass is 9.94. The minimum absolute atomic E-state index is 0.415. The number of aryl methyl sites for hydroxylation is 1. The molecule has 3 aromatic heterocycles. The molecule has 128 valence electrons. The molecule has 1 fully saturated rings. The van der Waals surface area contributed by atoms with E-state index in [-0.39, 0.29) is 0 Å². The summed E-state index contributed by atoms with van der Waals surface area (Å²) < 4.78 is 1.98. The first-order valence-electron chi connectivity index (χ1n) is 8.70. The molecule has 0 N–H and O–H groups in total. The van der Waals surface area contributed by atoms with E-state index in [0.717, 1.165) is 43.3 Å². The average molecular weight is 334 g/mol. The summed E-state index contributed by atoms with van der Waals surface area (Å²) in [7, 11) is 1.98. The Kier molecular flexibility index (Phi) is 4.52. The zero-order valence-corrected chi connectivity index (χ0v) is 14.4. The minimum Gasteiger partial charge on any atom is -0.333 e. The summed E-state index contributed by atoms with van der Waals surface area (Å²) in [6, 6.07) is 4.14. The van der Waals surface area contributed by atoms with Crippen LogP contribution in [-0.2, 0) is 13.6 Å². The van der Waals surface area contributed by atoms with Crippen LogP contribution in [0.1, 0.15) is 30.0 Å². The van der Waals surface area contributed by atoms with E-state index >= 15 is 0 Å². The predicted octanol–water partition coefficient (Wildman–Crippen LogP) is 2.65. The summed E-state index contributed by atoms with van der Waals surface area (Å²) in [5.74, 6) is 1.27. The van der Waals surface area contributed by atoms with E-state index in [1.807, 2.05) is 42.5 Å². The summed E-state index contributed by atoms with van der Waals surface area (Å²) in [5.41, 5.74) is 3.17. The van der Waals surface area contributed by atoms with Crippen molar-refractivity contribution in [1.29, 1.82) is 0 Å². The lowest BCUT2D eigenvalue weighted by Gasteiger charge is -2.32. The maximum Gasteiger partial charge on any atom is 0.159 e. The molecule has 0 saturated carbocycles. The quantitative estimate of drug-likeness (QED) is 0.734. The van der Waals surface area contributed by atoms with Crippen molar-refractivity contribution in [2.45, 2.75) is 25.3 Å². The number of pyridine rings is 1. The van der Waals surface area contributed by atoms with Crippen LogP contribution in [0.2, 0.25) is 0 Å². The van der Waals surface area contributed by atoms with Gasteiger partial charge in [0.25, 0.3) is 0 Å². The van der Waals surface area contributed by atoms with Gasteiger partial charge in [-0.15, -0.1) is 0 Å². The highest BCUT2D eigenvalue weighted by Crippen LogP contribution is 2.27. The van der Waals surface area contributed by atoms with Gasteiger partial charge in [0.1, 0.15) is 5.69 Å². The van der Waals surface area contributed by atoms with Crippen LogP contribution >= 0.6 is 0 Å². The lowest BCUT2D eigenvalue weighted by Crippen LogP contribution is -2.34. The molecule has 0 aliphatic carbocycles. The molecule has 1 atom stereocenters. The van der Waals surface area contributed by atoms with Crippen molar-refractivity contribution in [2.24, 2.45) is 7.05 Å². The molecule has 1 aliphatic rings. The van der Waals surface area contributed by atoms with Crippen LogP contribution in [0.3, 0.4) is 0 Å². The SMILES string of the molecule is Cn1ccnc1-c1cncc([C@H]2CCCN(Cc3cccnc3)C2)n1. The van der Waals surface area contributed by atoms with Crippen molar-refractivity contribution < 1.29 is 0 Å². The number of imidazole rings is 1. The van der Waals surface area contributed by atoms with Crippen LogP contribution in [0, 0.1) is 0 Å². The fourth-order valence-corrected chi connectivity index (χ4v) is 3.49. The summed E-state index contributed by atoms with van der Waals surface area (Å²) in [6.07, 6.45) is 13.5. The third kappa shape index (κ3) is 3.58. The normalized spacial score (nSPS) is 18.4. The summed E-state index contributed by atoms with van der Waals surface area (Å²) in [5, 5.41) is 0. The molecule has 6 nitrogen and oxygen atoms in total. The molecule has 0 spiro atoms. The molecule has 4 rings (SSSR count). The van der Waals surface area contributed by atoms with Crippen molar-refractivity contribution in [3.05, 3.63) is 60.6 Å². The van der Waals surface area contributed by atoms with Crippen LogP contribution in [0.25, 0.3) is 11.5 Å². The van der Waals surface area contributed by atoms with Crippen LogP contribution in [-0.4, -0.2) is 42.5 Å². The zero-order valence-electron chi connectivity index (χ0n) is 14.4. The van der Waals surface area contributed by atoms with Crippen molar-refractivity contribution in [2.75, 3.05) is 13.1 Å². The highest BCUT2D eigenvalue weighted by atomic mass is 15.1. The summed E-state index contributed by atoms with van der Waals surface area (Å²) in [4.78, 5) is 20.4. The van der Waals surface area contributed by atoms with E-state index in [9.17, 15) is 0 Å². The average Bonchev–Trinajstić information content (AvgIpc) is 3.09. The van der Waals surface area contributed by atoms with Gasteiger partial charge < -0.3 is 4.57 Å². The van der Waals surface area contributed by atoms with Crippen LogP contribution in [0.4, 0.5) is 0 Å². The molecule has 1 aliphatic heterocycles. The van der Waals surface area contributed by atoms with Gasteiger partial charge in [0.2, 0.25) is 0 Å². The van der Waals surface area contributed by atoms with Gasteiger partial charge in [-0.25, -0.2) is 9.97 Å². The third-order valence-corrected chi connectivity index (χ3v) is 4.76. The molecule has 1 saturated heterocycles. The summed E-state index contributed by atoms with van der Waals surface area (Å²) in [6.45, 7) is 3.07. The number of aromatic nitrogens is 5. The summed E-state index contributed by atoms with van der Waals surface area (Å²) >= 11 is 0. The molecule has 25 heavy (non-hydrogen) atoms. The van der Waals surface area contributed by atoms with Crippen LogP contribution < -0.4 is 0 Å². The lowest BCUT2D eigenvalue weighted by molar-refractivity contribution is 0.198. The molecule has 6 heteroatoms. The Labute approximate surface area is 147 Å². The molecule has 0 radical (unpaired) electrons. The highest BCUT2D eigenvalue weighted by Gasteiger charge is 2.23. The maximum absolute atomic E-state index is 4.86. The Morgan fingerprint density at radius 3 is 2.92 bits per heavy atom. The van der Waals surface area contributed by atoms with Gasteiger partial charge in [0.05, 0.1) is 11.9 Å². The predicted molar refractivity (Wildman–Crippen MR) is 95.7 cm³/mol. The molecule has 3 aromatic rings. The highest BCUT2D eigenvalue weighted by molar-refractivity contribution is 5.48. The van der Waals surface area contributed by atoms with Gasteiger partial charge in [-0.3, -0.25) is 14.9 Å². The smallest absolute Gasteiger partial charge is 0.159 e. The number of hydrogen-bond donors (Lipinski definition) is 0. The van der Waals surface area contributed by atoms with E-state index < -0.39 is 0 Å². The van der Waals surface area contributed by atoms with E-state index in [2.05, 4.69) is 25.9 Å². The molecular formula is C19H22N6. The second kappa shape index (κ2) is 7.11. The van der Waals surface area contributed by atoms with Gasteiger partial charge in [-0.2, -0.15) is 0 Å². The standard InChI is InChI=1S/C19H22N6/c1-24-9-7-22-19(24)18-12-21-11-17(23-18)16-5-3-8-25(14-16)13-15-4-2-6-20-10-15/h2,4,6-7,9-12,16H,3,5,8,13-14H2,1H3/t16-/m0/s1. The Balaban J connectivity index is 1.51. The van der Waals surface area contributed by atoms with Gasteiger partial charge in [-0.1, -0.05) is 6.07 Å². The van der Waals surface area contributed by atoms with Gasteiger partial charge in [0.15, 0.2) is 5.82 Å². The van der Waals surface area contributed by atoms with E-state index in [0.29, 0.717) is 5.92 Å². The molecule has 0 unspecified atom stereocenters. The van der Waals surface area contributed by atoms with Crippen molar-refractivity contribution >= 4 is 0 Å².